The van der Waals surface area contributed by atoms with Gasteiger partial charge in [0.2, 0.25) is 0 Å². The van der Waals surface area contributed by atoms with Gasteiger partial charge in [0.1, 0.15) is 0 Å². The molecule has 6 unspecified atom stereocenters. The first-order valence-corrected chi connectivity index (χ1v) is 7.65. The molecule has 1 aromatic rings. The summed E-state index contributed by atoms with van der Waals surface area (Å²) < 4.78 is 0. The van der Waals surface area contributed by atoms with Gasteiger partial charge in [-0.15, -0.1) is 0 Å². The van der Waals surface area contributed by atoms with Gasteiger partial charge in [0, 0.05) is 24.5 Å². The van der Waals surface area contributed by atoms with E-state index in [1.807, 2.05) is 0 Å². The summed E-state index contributed by atoms with van der Waals surface area (Å²) >= 11 is 0. The standard InChI is InChI=1S/C18H23N/c1-11-4-6-14(7-5-11)16-9-15-8-12(2)18-17(16)13(3)10-19(15)18/h4-7,12,15-18H,3,8-10H2,1-2H3. The van der Waals surface area contributed by atoms with E-state index in [0.717, 1.165) is 24.5 Å². The maximum atomic E-state index is 4.40. The molecular weight excluding hydrogens is 230 g/mol. The van der Waals surface area contributed by atoms with Crippen LogP contribution in [0.1, 0.15) is 36.8 Å². The number of hydrogen-bond acceptors (Lipinski definition) is 1. The van der Waals surface area contributed by atoms with Gasteiger partial charge in [-0.25, -0.2) is 0 Å². The topological polar surface area (TPSA) is 3.24 Å². The van der Waals surface area contributed by atoms with Crippen LogP contribution >= 0.6 is 0 Å². The second kappa shape index (κ2) is 3.96. The van der Waals surface area contributed by atoms with Crippen LogP contribution in [-0.4, -0.2) is 23.5 Å². The molecule has 0 spiro atoms. The first-order chi connectivity index (χ1) is 9.15. The Labute approximate surface area is 116 Å². The summed E-state index contributed by atoms with van der Waals surface area (Å²) in [6.07, 6.45) is 2.74. The van der Waals surface area contributed by atoms with Crippen LogP contribution in [0, 0.1) is 18.8 Å². The van der Waals surface area contributed by atoms with Gasteiger partial charge in [0.15, 0.2) is 0 Å². The maximum absolute atomic E-state index is 4.40. The van der Waals surface area contributed by atoms with Crippen LogP contribution in [0.15, 0.2) is 36.4 Å². The second-order valence-electron chi connectivity index (χ2n) is 6.97. The van der Waals surface area contributed by atoms with E-state index < -0.39 is 0 Å². The zero-order chi connectivity index (χ0) is 13.1. The number of piperidine rings is 1. The fraction of sp³-hybridized carbons (Fsp3) is 0.556. The molecule has 0 aliphatic carbocycles. The molecule has 3 aliphatic heterocycles. The Kier molecular flexibility index (Phi) is 2.44. The normalized spacial score (nSPS) is 43.8. The highest BCUT2D eigenvalue weighted by Gasteiger charge is 2.55. The number of nitrogens with zero attached hydrogens (tertiary/aromatic N) is 1. The van der Waals surface area contributed by atoms with Crippen LogP contribution in [0.25, 0.3) is 0 Å². The quantitative estimate of drug-likeness (QED) is 0.689. The summed E-state index contributed by atoms with van der Waals surface area (Å²) in [7, 11) is 0. The summed E-state index contributed by atoms with van der Waals surface area (Å²) in [5, 5.41) is 0. The van der Waals surface area contributed by atoms with E-state index in [1.165, 1.54) is 24.0 Å². The second-order valence-corrected chi connectivity index (χ2v) is 6.97. The molecule has 0 N–H and O–H groups in total. The fourth-order valence-corrected chi connectivity index (χ4v) is 5.00. The molecule has 1 nitrogen and oxygen atoms in total. The zero-order valence-electron chi connectivity index (χ0n) is 12.0. The predicted octanol–water partition coefficient (Wildman–Crippen LogP) is 3.75. The molecule has 1 aromatic carbocycles. The van der Waals surface area contributed by atoms with Crippen molar-refractivity contribution in [3.8, 4) is 0 Å². The van der Waals surface area contributed by atoms with Crippen LogP contribution in [-0.2, 0) is 0 Å². The van der Waals surface area contributed by atoms with Crippen LogP contribution in [0.5, 0.6) is 0 Å². The van der Waals surface area contributed by atoms with Crippen molar-refractivity contribution in [1.82, 2.24) is 4.90 Å². The van der Waals surface area contributed by atoms with Gasteiger partial charge >= 0.3 is 0 Å². The molecule has 0 saturated carbocycles. The number of benzene rings is 1. The molecule has 4 bridgehead atoms. The largest absolute Gasteiger partial charge is 0.293 e. The van der Waals surface area contributed by atoms with Gasteiger partial charge in [-0.2, -0.15) is 0 Å². The van der Waals surface area contributed by atoms with Gasteiger partial charge in [-0.1, -0.05) is 48.9 Å². The van der Waals surface area contributed by atoms with Crippen molar-refractivity contribution in [2.75, 3.05) is 6.54 Å². The van der Waals surface area contributed by atoms with Gasteiger partial charge < -0.3 is 0 Å². The molecule has 0 radical (unpaired) electrons. The molecule has 3 saturated heterocycles. The van der Waals surface area contributed by atoms with E-state index in [-0.39, 0.29) is 0 Å². The lowest BCUT2D eigenvalue weighted by Gasteiger charge is -2.38. The molecule has 0 amide bonds. The minimum Gasteiger partial charge on any atom is -0.293 e. The third-order valence-corrected chi connectivity index (χ3v) is 5.77. The third kappa shape index (κ3) is 1.57. The lowest BCUT2D eigenvalue weighted by atomic mass is 9.75. The first kappa shape index (κ1) is 11.7. The summed E-state index contributed by atoms with van der Waals surface area (Å²) in [6, 6.07) is 10.8. The van der Waals surface area contributed by atoms with E-state index in [2.05, 4.69) is 49.6 Å². The highest BCUT2D eigenvalue weighted by molar-refractivity contribution is 5.34. The summed E-state index contributed by atoms with van der Waals surface area (Å²) in [4.78, 5) is 2.75. The third-order valence-electron chi connectivity index (χ3n) is 5.77. The number of aryl methyl sites for hydroxylation is 1. The van der Waals surface area contributed by atoms with Crippen molar-refractivity contribution < 1.29 is 0 Å². The fourth-order valence-electron chi connectivity index (χ4n) is 5.00. The van der Waals surface area contributed by atoms with Crippen LogP contribution < -0.4 is 0 Å². The lowest BCUT2D eigenvalue weighted by molar-refractivity contribution is 0.142. The zero-order valence-corrected chi connectivity index (χ0v) is 12.0. The Morgan fingerprint density at radius 2 is 1.89 bits per heavy atom. The Hall–Kier alpha value is -1.08. The smallest absolute Gasteiger partial charge is 0.0200 e. The molecule has 100 valence electrons. The van der Waals surface area contributed by atoms with Crippen molar-refractivity contribution in [2.45, 2.75) is 44.7 Å². The Bertz CT molecular complexity index is 515. The number of rotatable bonds is 1. The van der Waals surface area contributed by atoms with Gasteiger partial charge in [-0.3, -0.25) is 4.90 Å². The first-order valence-electron chi connectivity index (χ1n) is 7.65. The summed E-state index contributed by atoms with van der Waals surface area (Å²) in [6.45, 7) is 10.2. The maximum Gasteiger partial charge on any atom is 0.0200 e. The van der Waals surface area contributed by atoms with Crippen molar-refractivity contribution in [2.24, 2.45) is 11.8 Å². The van der Waals surface area contributed by atoms with E-state index in [0.29, 0.717) is 11.8 Å². The van der Waals surface area contributed by atoms with Gasteiger partial charge in [0.05, 0.1) is 0 Å². The molecule has 3 heterocycles. The van der Waals surface area contributed by atoms with Crippen molar-refractivity contribution in [3.05, 3.63) is 47.5 Å². The number of hydrogen-bond donors (Lipinski definition) is 0. The highest BCUT2D eigenvalue weighted by Crippen LogP contribution is 2.55. The van der Waals surface area contributed by atoms with Crippen molar-refractivity contribution in [3.63, 3.8) is 0 Å². The van der Waals surface area contributed by atoms with E-state index in [4.69, 9.17) is 0 Å². The van der Waals surface area contributed by atoms with Crippen LogP contribution in [0.4, 0.5) is 0 Å². The lowest BCUT2D eigenvalue weighted by Crippen LogP contribution is -2.41. The molecule has 0 aromatic heterocycles. The summed E-state index contributed by atoms with van der Waals surface area (Å²) in [5.41, 5.74) is 4.40. The van der Waals surface area contributed by atoms with Crippen LogP contribution in [0.3, 0.4) is 0 Å². The molecule has 1 heteroatoms. The Morgan fingerprint density at radius 1 is 1.16 bits per heavy atom. The van der Waals surface area contributed by atoms with E-state index >= 15 is 0 Å². The van der Waals surface area contributed by atoms with Crippen molar-refractivity contribution in [1.29, 1.82) is 0 Å². The summed E-state index contributed by atoms with van der Waals surface area (Å²) in [5.74, 6) is 2.27. The van der Waals surface area contributed by atoms with Gasteiger partial charge in [-0.05, 0) is 37.2 Å². The molecule has 3 aliphatic rings. The molecule has 19 heavy (non-hydrogen) atoms. The minimum atomic E-state index is 0.705. The molecule has 4 rings (SSSR count). The highest BCUT2D eigenvalue weighted by atomic mass is 15.3. The molecule has 3 fully saturated rings. The SMILES string of the molecule is C=C1CN2C3CC(C)C2C1C(c1ccc(C)cc1)C3. The predicted molar refractivity (Wildman–Crippen MR) is 79.2 cm³/mol. The minimum absolute atomic E-state index is 0.705. The van der Waals surface area contributed by atoms with Gasteiger partial charge in [0.25, 0.3) is 0 Å². The Balaban J connectivity index is 1.74. The average molecular weight is 253 g/mol. The molecular formula is C18H23N. The van der Waals surface area contributed by atoms with E-state index in [9.17, 15) is 0 Å². The van der Waals surface area contributed by atoms with E-state index in [1.54, 1.807) is 5.56 Å². The Morgan fingerprint density at radius 3 is 2.63 bits per heavy atom. The average Bonchev–Trinajstić information content (AvgIpc) is 2.76. The van der Waals surface area contributed by atoms with Crippen LogP contribution in [0.2, 0.25) is 0 Å². The molecule has 6 atom stereocenters. The monoisotopic (exact) mass is 253 g/mol. The van der Waals surface area contributed by atoms with Crippen molar-refractivity contribution >= 4 is 0 Å².